The van der Waals surface area contributed by atoms with Crippen LogP contribution in [0.2, 0.25) is 0 Å². The van der Waals surface area contributed by atoms with Gasteiger partial charge in [-0.05, 0) is 12.1 Å². The molecule has 0 radical (unpaired) electrons. The molecule has 0 bridgehead atoms. The molecule has 0 unspecified atom stereocenters. The molecule has 3 rings (SSSR count). The van der Waals surface area contributed by atoms with Crippen LogP contribution < -0.4 is 5.73 Å². The quantitative estimate of drug-likeness (QED) is 0.550. The Bertz CT molecular complexity index is 1160. The molecular weight excluding hydrogens is 451 g/mol. The monoisotopic (exact) mass is 471 g/mol. The minimum absolute atomic E-state index is 0.0302. The number of hydrogen-bond donors (Lipinski definition) is 2. The highest BCUT2D eigenvalue weighted by Gasteiger charge is 2.31. The second-order valence-electron chi connectivity index (χ2n) is 6.98. The summed E-state index contributed by atoms with van der Waals surface area (Å²) in [6.07, 6.45) is -0.648. The SMILES string of the molecule is NC1=C(C=NS(=O)(=O)c2ccn(CC(F)F)n2)CN(C(=O)[C@H](CO)c2ccccc2F)C1. The zero-order chi connectivity index (χ0) is 23.5. The number of aromatic nitrogens is 2. The molecule has 9 nitrogen and oxygen atoms in total. The first kappa shape index (κ1) is 23.5. The van der Waals surface area contributed by atoms with Crippen molar-refractivity contribution in [2.45, 2.75) is 23.9 Å². The molecule has 1 aromatic heterocycles. The summed E-state index contributed by atoms with van der Waals surface area (Å²) >= 11 is 0. The standard InChI is InChI=1S/C19H20F3N5O4S/c20-15-4-2-1-3-13(15)14(11-28)19(29)26-8-12(16(23)9-26)7-24-32(30,31)18-5-6-27(25-18)10-17(21)22/h1-7,14,17,28H,8-11,23H2/t14-/m1/s1. The molecule has 32 heavy (non-hydrogen) atoms. The molecule has 2 aromatic rings. The maximum atomic E-state index is 14.1. The number of amides is 1. The Morgan fingerprint density at radius 2 is 2.00 bits per heavy atom. The van der Waals surface area contributed by atoms with Gasteiger partial charge in [-0.2, -0.15) is 17.9 Å². The summed E-state index contributed by atoms with van der Waals surface area (Å²) in [6, 6.07) is 6.60. The summed E-state index contributed by atoms with van der Waals surface area (Å²) < 4.78 is 67.8. The first-order chi connectivity index (χ1) is 15.1. The normalized spacial score (nSPS) is 15.8. The maximum absolute atomic E-state index is 14.1. The summed E-state index contributed by atoms with van der Waals surface area (Å²) in [7, 11) is -4.28. The zero-order valence-electron chi connectivity index (χ0n) is 16.6. The highest BCUT2D eigenvalue weighted by molar-refractivity contribution is 7.90. The van der Waals surface area contributed by atoms with Crippen molar-refractivity contribution in [1.29, 1.82) is 0 Å². The Morgan fingerprint density at radius 1 is 1.28 bits per heavy atom. The lowest BCUT2D eigenvalue weighted by molar-refractivity contribution is -0.132. The molecule has 2 heterocycles. The van der Waals surface area contributed by atoms with Gasteiger partial charge < -0.3 is 15.7 Å². The van der Waals surface area contributed by atoms with Gasteiger partial charge in [-0.25, -0.2) is 13.2 Å². The Hall–Kier alpha value is -3.19. The van der Waals surface area contributed by atoms with Gasteiger partial charge in [-0.3, -0.25) is 9.48 Å². The van der Waals surface area contributed by atoms with E-state index in [2.05, 4.69) is 9.50 Å². The van der Waals surface area contributed by atoms with Crippen LogP contribution in [0.5, 0.6) is 0 Å². The third-order valence-electron chi connectivity index (χ3n) is 4.76. The number of carbonyl (C=O) groups excluding carboxylic acids is 1. The van der Waals surface area contributed by atoms with Gasteiger partial charge in [0.1, 0.15) is 12.4 Å². The van der Waals surface area contributed by atoms with Gasteiger partial charge in [0, 0.05) is 35.8 Å². The van der Waals surface area contributed by atoms with Crippen LogP contribution in [-0.4, -0.2) is 66.4 Å². The van der Waals surface area contributed by atoms with E-state index in [1.165, 1.54) is 29.2 Å². The lowest BCUT2D eigenvalue weighted by atomic mass is 9.98. The Kier molecular flexibility index (Phi) is 6.99. The van der Waals surface area contributed by atoms with E-state index >= 15 is 0 Å². The summed E-state index contributed by atoms with van der Waals surface area (Å²) in [4.78, 5) is 14.1. The largest absolute Gasteiger partial charge is 0.400 e. The van der Waals surface area contributed by atoms with Crippen molar-refractivity contribution in [2.75, 3.05) is 19.7 Å². The smallest absolute Gasteiger partial charge is 0.301 e. The number of alkyl halides is 2. The lowest BCUT2D eigenvalue weighted by Gasteiger charge is -2.22. The summed E-state index contributed by atoms with van der Waals surface area (Å²) in [5.74, 6) is -2.38. The highest BCUT2D eigenvalue weighted by Crippen LogP contribution is 2.24. The molecule has 0 fully saturated rings. The van der Waals surface area contributed by atoms with Gasteiger partial charge in [0.05, 0.1) is 19.1 Å². The number of hydrogen-bond acceptors (Lipinski definition) is 6. The van der Waals surface area contributed by atoms with Crippen molar-refractivity contribution < 1.29 is 31.5 Å². The van der Waals surface area contributed by atoms with Gasteiger partial charge in [0.2, 0.25) is 5.91 Å². The second kappa shape index (κ2) is 9.53. The van der Waals surface area contributed by atoms with Crippen LogP contribution in [-0.2, 0) is 21.4 Å². The van der Waals surface area contributed by atoms with E-state index in [1.807, 2.05) is 0 Å². The molecule has 0 saturated carbocycles. The molecule has 1 atom stereocenters. The van der Waals surface area contributed by atoms with E-state index in [0.717, 1.165) is 23.2 Å². The van der Waals surface area contributed by atoms with Crippen LogP contribution >= 0.6 is 0 Å². The Labute approximate surface area is 181 Å². The van der Waals surface area contributed by atoms with E-state index in [4.69, 9.17) is 5.73 Å². The first-order valence-electron chi connectivity index (χ1n) is 9.36. The molecular formula is C19H20F3N5O4S. The minimum atomic E-state index is -4.28. The van der Waals surface area contributed by atoms with Crippen LogP contribution in [0.3, 0.4) is 0 Å². The highest BCUT2D eigenvalue weighted by atomic mass is 32.2. The number of benzene rings is 1. The van der Waals surface area contributed by atoms with Crippen molar-refractivity contribution >= 4 is 22.1 Å². The van der Waals surface area contributed by atoms with Crippen molar-refractivity contribution in [3.63, 3.8) is 0 Å². The number of halogens is 3. The predicted molar refractivity (Wildman–Crippen MR) is 108 cm³/mol. The lowest BCUT2D eigenvalue weighted by Crippen LogP contribution is -2.36. The van der Waals surface area contributed by atoms with Crippen LogP contribution in [0.4, 0.5) is 13.2 Å². The molecule has 0 saturated heterocycles. The average Bonchev–Trinajstić information content (AvgIpc) is 3.35. The van der Waals surface area contributed by atoms with Crippen molar-refractivity contribution in [2.24, 2.45) is 10.1 Å². The first-order valence-corrected chi connectivity index (χ1v) is 10.8. The number of aliphatic hydroxyl groups is 1. The van der Waals surface area contributed by atoms with Gasteiger partial charge in [-0.1, -0.05) is 18.2 Å². The molecule has 0 spiro atoms. The molecule has 1 aliphatic heterocycles. The van der Waals surface area contributed by atoms with Crippen LogP contribution in [0.1, 0.15) is 11.5 Å². The third-order valence-corrected chi connectivity index (χ3v) is 5.89. The topological polar surface area (TPSA) is 131 Å². The molecule has 172 valence electrons. The van der Waals surface area contributed by atoms with Crippen LogP contribution in [0.25, 0.3) is 0 Å². The summed E-state index contributed by atoms with van der Waals surface area (Å²) in [5, 5.41) is 12.7. The number of nitrogens with two attached hydrogens (primary N) is 1. The van der Waals surface area contributed by atoms with Crippen molar-refractivity contribution in [3.05, 3.63) is 59.2 Å². The Morgan fingerprint density at radius 3 is 2.66 bits per heavy atom. The van der Waals surface area contributed by atoms with E-state index < -0.39 is 52.3 Å². The molecule has 1 amide bonds. The van der Waals surface area contributed by atoms with E-state index in [1.54, 1.807) is 0 Å². The minimum Gasteiger partial charge on any atom is -0.400 e. The number of aliphatic hydroxyl groups excluding tert-OH is 1. The predicted octanol–water partition coefficient (Wildman–Crippen LogP) is 0.878. The third kappa shape index (κ3) is 5.16. The Balaban J connectivity index is 1.72. The van der Waals surface area contributed by atoms with Crippen molar-refractivity contribution in [3.8, 4) is 0 Å². The van der Waals surface area contributed by atoms with E-state index in [0.29, 0.717) is 0 Å². The van der Waals surface area contributed by atoms with Crippen LogP contribution in [0, 0.1) is 5.82 Å². The zero-order valence-corrected chi connectivity index (χ0v) is 17.4. The number of rotatable bonds is 8. The fourth-order valence-corrected chi connectivity index (χ4v) is 3.96. The fourth-order valence-electron chi connectivity index (χ4n) is 3.15. The van der Waals surface area contributed by atoms with Crippen LogP contribution in [0.15, 0.2) is 57.2 Å². The van der Waals surface area contributed by atoms with Crippen molar-refractivity contribution in [1.82, 2.24) is 14.7 Å². The number of nitrogens with zero attached hydrogens (tertiary/aromatic N) is 4. The second-order valence-corrected chi connectivity index (χ2v) is 8.56. The van der Waals surface area contributed by atoms with Gasteiger partial charge in [0.25, 0.3) is 6.43 Å². The van der Waals surface area contributed by atoms with Gasteiger partial charge in [-0.15, -0.1) is 0 Å². The molecule has 3 N–H and O–H groups in total. The van der Waals surface area contributed by atoms with E-state index in [-0.39, 0.29) is 29.9 Å². The number of carbonyl (C=O) groups is 1. The number of sulfonamides is 1. The molecule has 13 heteroatoms. The van der Waals surface area contributed by atoms with E-state index in [9.17, 15) is 31.5 Å². The van der Waals surface area contributed by atoms with Gasteiger partial charge in [0.15, 0.2) is 5.03 Å². The molecule has 1 aliphatic rings. The summed E-state index contributed by atoms with van der Waals surface area (Å²) in [5.41, 5.74) is 6.34. The van der Waals surface area contributed by atoms with Gasteiger partial charge >= 0.3 is 10.0 Å². The fraction of sp³-hybridized carbons (Fsp3) is 0.316. The molecule has 0 aliphatic carbocycles. The summed E-state index contributed by atoms with van der Waals surface area (Å²) in [6.45, 7) is -1.56. The molecule has 1 aromatic carbocycles. The average molecular weight is 471 g/mol. The maximum Gasteiger partial charge on any atom is 0.301 e.